The van der Waals surface area contributed by atoms with Gasteiger partial charge in [-0.05, 0) is 59.3 Å². The average Bonchev–Trinajstić information content (AvgIpc) is 3.53. The van der Waals surface area contributed by atoms with Gasteiger partial charge in [-0.15, -0.1) is 0 Å². The van der Waals surface area contributed by atoms with Crippen LogP contribution in [0.4, 0.5) is 11.4 Å². The smallest absolute Gasteiger partial charge is 0.239 e. The van der Waals surface area contributed by atoms with Gasteiger partial charge in [-0.2, -0.15) is 0 Å². The molecule has 4 aromatic carbocycles. The lowest BCUT2D eigenvalue weighted by molar-refractivity contribution is -0.139. The van der Waals surface area contributed by atoms with Gasteiger partial charge in [0.25, 0.3) is 0 Å². The predicted octanol–water partition coefficient (Wildman–Crippen LogP) is 8.17. The highest BCUT2D eigenvalue weighted by atomic mass is 28.3. The number of aliphatic hydroxyl groups is 2. The second-order valence-electron chi connectivity index (χ2n) is 18.1. The molecule has 0 spiro atoms. The number of fused-ring (bicyclic) bond motifs is 2. The summed E-state index contributed by atoms with van der Waals surface area (Å²) in [5, 5.41) is 24.2. The van der Waals surface area contributed by atoms with Crippen molar-refractivity contribution in [1.82, 2.24) is 0 Å². The first-order valence-electron chi connectivity index (χ1n) is 20.1. The van der Waals surface area contributed by atoms with Crippen molar-refractivity contribution in [2.45, 2.75) is 100 Å². The molecule has 6 rings (SSSR count). The van der Waals surface area contributed by atoms with E-state index < -0.39 is 39.2 Å². The van der Waals surface area contributed by atoms with Crippen LogP contribution in [-0.2, 0) is 43.0 Å². The third-order valence-electron chi connectivity index (χ3n) is 11.3. The van der Waals surface area contributed by atoms with E-state index >= 15 is 9.59 Å². The Morgan fingerprint density at radius 2 is 0.875 bits per heavy atom. The summed E-state index contributed by atoms with van der Waals surface area (Å²) < 4.78 is 12.3. The molecule has 2 aliphatic rings. The fourth-order valence-electron chi connectivity index (χ4n) is 8.48. The molecule has 2 N–H and O–H groups in total. The number of amides is 2. The van der Waals surface area contributed by atoms with E-state index in [1.165, 1.54) is 0 Å². The third-order valence-corrected chi connectivity index (χ3v) is 14.7. The molecule has 0 aliphatic carbocycles. The van der Waals surface area contributed by atoms with Gasteiger partial charge >= 0.3 is 0 Å². The molecule has 56 heavy (non-hydrogen) atoms. The van der Waals surface area contributed by atoms with Crippen LogP contribution < -0.4 is 9.80 Å². The standard InChI is InChI=1S/C46H60N2O6Si2/c1-55(2,3)27-25-53-33-37(49)29-45(39-21-13-15-23-41(39)47(43(45)51)31-35-17-9-7-10-18-35)46(30-38(50)34-54-26-28-56(4,5)6)40-22-14-16-24-42(40)48(44(46)52)32-36-19-11-8-12-20-36/h7-24,37-38,49-50H,25-34H2,1-6H3/t37-,38-,45+,46+/m0/s1. The summed E-state index contributed by atoms with van der Waals surface area (Å²) in [5.74, 6) is -0.555. The largest absolute Gasteiger partial charge is 0.391 e. The lowest BCUT2D eigenvalue weighted by Gasteiger charge is -2.46. The summed E-state index contributed by atoms with van der Waals surface area (Å²) in [6, 6.07) is 36.9. The van der Waals surface area contributed by atoms with E-state index in [9.17, 15) is 10.2 Å². The second-order valence-corrected chi connectivity index (χ2v) is 29.3. The number of carbonyl (C=O) groups excluding carboxylic acids is 2. The quantitative estimate of drug-likeness (QED) is 0.0735. The highest BCUT2D eigenvalue weighted by Gasteiger charge is 2.71. The maximum atomic E-state index is 16.0. The summed E-state index contributed by atoms with van der Waals surface area (Å²) in [5.41, 5.74) is 1.37. The summed E-state index contributed by atoms with van der Waals surface area (Å²) in [7, 11) is -2.81. The molecule has 0 saturated heterocycles. The molecule has 4 atom stereocenters. The summed E-state index contributed by atoms with van der Waals surface area (Å²) in [4.78, 5) is 35.5. The molecule has 0 unspecified atom stereocenters. The highest BCUT2D eigenvalue weighted by molar-refractivity contribution is 6.76. The van der Waals surface area contributed by atoms with Crippen LogP contribution >= 0.6 is 0 Å². The zero-order valence-corrected chi connectivity index (χ0v) is 36.0. The van der Waals surface area contributed by atoms with Gasteiger partial charge in [-0.3, -0.25) is 9.59 Å². The van der Waals surface area contributed by atoms with Gasteiger partial charge in [0.15, 0.2) is 0 Å². The average molecular weight is 793 g/mol. The third kappa shape index (κ3) is 8.81. The first kappa shape index (κ1) is 41.7. The highest BCUT2D eigenvalue weighted by Crippen LogP contribution is 2.62. The second kappa shape index (κ2) is 17.3. The van der Waals surface area contributed by atoms with Gasteiger partial charge in [-0.25, -0.2) is 0 Å². The first-order valence-corrected chi connectivity index (χ1v) is 27.5. The molecule has 0 radical (unpaired) electrons. The van der Waals surface area contributed by atoms with Gasteiger partial charge < -0.3 is 29.5 Å². The number of benzene rings is 4. The monoisotopic (exact) mass is 792 g/mol. The van der Waals surface area contributed by atoms with E-state index in [0.717, 1.165) is 23.2 Å². The maximum Gasteiger partial charge on any atom is 0.239 e. The molecule has 0 aromatic heterocycles. The van der Waals surface area contributed by atoms with Gasteiger partial charge in [0, 0.05) is 40.7 Å². The molecule has 2 aliphatic heterocycles. The molecule has 4 aromatic rings. The Morgan fingerprint density at radius 1 is 0.536 bits per heavy atom. The molecule has 298 valence electrons. The van der Waals surface area contributed by atoms with Gasteiger partial charge in [0.05, 0.1) is 49.3 Å². The molecule has 10 heteroatoms. The normalized spacial score (nSPS) is 20.6. The molecular formula is C46H60N2O6Si2. The number of nitrogens with zero attached hydrogens (tertiary/aromatic N) is 2. The van der Waals surface area contributed by atoms with E-state index in [0.29, 0.717) is 35.7 Å². The van der Waals surface area contributed by atoms with E-state index in [2.05, 4.69) is 39.3 Å². The Hall–Kier alpha value is -3.91. The van der Waals surface area contributed by atoms with Crippen molar-refractivity contribution in [3.8, 4) is 0 Å². The minimum atomic E-state index is -1.61. The van der Waals surface area contributed by atoms with Crippen molar-refractivity contribution in [2.75, 3.05) is 36.2 Å². The SMILES string of the molecule is C[Si](C)(C)CCOC[C@@H](O)C[C@]1([C@@]2(C[C@H](O)COCC[Si](C)(C)C)C(=O)N(Cc3ccccc3)c3ccccc32)C(=O)N(Cc2ccccc2)c2ccccc21. The van der Waals surface area contributed by atoms with Crippen molar-refractivity contribution in [3.63, 3.8) is 0 Å². The Labute approximate surface area is 335 Å². The lowest BCUT2D eigenvalue weighted by atomic mass is 9.53. The Kier molecular flexibility index (Phi) is 12.9. The van der Waals surface area contributed by atoms with Crippen molar-refractivity contribution < 1.29 is 29.3 Å². The lowest BCUT2D eigenvalue weighted by Crippen LogP contribution is -2.62. The number of anilines is 2. The molecule has 2 heterocycles. The van der Waals surface area contributed by atoms with Gasteiger partial charge in [0.1, 0.15) is 0 Å². The topological polar surface area (TPSA) is 99.5 Å². The van der Waals surface area contributed by atoms with Gasteiger partial charge in [-0.1, -0.05) is 136 Å². The van der Waals surface area contributed by atoms with E-state index in [4.69, 9.17) is 9.47 Å². The minimum Gasteiger partial charge on any atom is -0.391 e. The number of rotatable bonds is 19. The van der Waals surface area contributed by atoms with Crippen LogP contribution in [0.1, 0.15) is 35.1 Å². The zero-order chi connectivity index (χ0) is 40.1. The first-order chi connectivity index (χ1) is 26.7. The summed E-state index contributed by atoms with van der Waals surface area (Å²) in [6.45, 7) is 15.3. The van der Waals surface area contributed by atoms with Crippen LogP contribution in [0.25, 0.3) is 0 Å². The van der Waals surface area contributed by atoms with Crippen molar-refractivity contribution in [3.05, 3.63) is 131 Å². The number of aliphatic hydroxyl groups excluding tert-OH is 2. The Morgan fingerprint density at radius 3 is 1.23 bits per heavy atom. The number of para-hydroxylation sites is 2. The predicted molar refractivity (Wildman–Crippen MR) is 231 cm³/mol. The summed E-state index contributed by atoms with van der Waals surface area (Å²) >= 11 is 0. The van der Waals surface area contributed by atoms with Crippen molar-refractivity contribution in [2.24, 2.45) is 0 Å². The van der Waals surface area contributed by atoms with E-state index in [1.54, 1.807) is 9.80 Å². The fourth-order valence-corrected chi connectivity index (χ4v) is 10.00. The molecule has 8 nitrogen and oxygen atoms in total. The van der Waals surface area contributed by atoms with Crippen LogP contribution in [-0.4, -0.2) is 76.8 Å². The minimum absolute atomic E-state index is 0.0162. The molecule has 0 fully saturated rings. The number of hydrogen-bond donors (Lipinski definition) is 2. The van der Waals surface area contributed by atoms with Crippen molar-refractivity contribution in [1.29, 1.82) is 0 Å². The Bertz CT molecular complexity index is 1810. The van der Waals surface area contributed by atoms with Crippen LogP contribution in [0.3, 0.4) is 0 Å². The number of hydrogen-bond acceptors (Lipinski definition) is 6. The zero-order valence-electron chi connectivity index (χ0n) is 34.0. The molecule has 0 saturated carbocycles. The molecule has 2 amide bonds. The number of carbonyl (C=O) groups is 2. The van der Waals surface area contributed by atoms with E-state index in [1.807, 2.05) is 109 Å². The van der Waals surface area contributed by atoms with Crippen LogP contribution in [0.15, 0.2) is 109 Å². The van der Waals surface area contributed by atoms with Crippen LogP contribution in [0, 0.1) is 0 Å². The van der Waals surface area contributed by atoms with Gasteiger partial charge in [0.2, 0.25) is 11.8 Å². The number of ether oxygens (including phenoxy) is 2. The fraction of sp³-hybridized carbons (Fsp3) is 0.435. The van der Waals surface area contributed by atoms with E-state index in [-0.39, 0.29) is 51.0 Å². The van der Waals surface area contributed by atoms with Crippen LogP contribution in [0.2, 0.25) is 51.4 Å². The summed E-state index contributed by atoms with van der Waals surface area (Å²) in [6.07, 6.45) is -2.33. The van der Waals surface area contributed by atoms with Crippen molar-refractivity contribution >= 4 is 39.3 Å². The Balaban J connectivity index is 1.53. The molecule has 0 bridgehead atoms. The van der Waals surface area contributed by atoms with Crippen LogP contribution in [0.5, 0.6) is 0 Å². The molecular weight excluding hydrogens is 733 g/mol. The maximum absolute atomic E-state index is 16.0.